The van der Waals surface area contributed by atoms with Gasteiger partial charge in [-0.05, 0) is 6.08 Å². The molecule has 7 heteroatoms. The number of hydrogen-bond donors (Lipinski definition) is 4. The van der Waals surface area contributed by atoms with Crippen LogP contribution in [0.3, 0.4) is 0 Å². The van der Waals surface area contributed by atoms with Crippen molar-refractivity contribution in [3.05, 3.63) is 30.9 Å². The summed E-state index contributed by atoms with van der Waals surface area (Å²) in [7, 11) is 0. The summed E-state index contributed by atoms with van der Waals surface area (Å²) in [6.45, 7) is 3.09. The molecule has 0 aliphatic rings. The lowest BCUT2D eigenvalue weighted by molar-refractivity contribution is -0.138. The van der Waals surface area contributed by atoms with Gasteiger partial charge < -0.3 is 21.6 Å². The highest BCUT2D eigenvalue weighted by Gasteiger charge is 2.11. The van der Waals surface area contributed by atoms with E-state index in [2.05, 4.69) is 22.3 Å². The summed E-state index contributed by atoms with van der Waals surface area (Å²) in [5.74, 6) is -1.48. The van der Waals surface area contributed by atoms with Crippen molar-refractivity contribution in [2.45, 2.75) is 12.5 Å². The number of aromatic nitrogens is 2. The van der Waals surface area contributed by atoms with Crippen LogP contribution in [0.2, 0.25) is 0 Å². The molecule has 1 amide bonds. The Morgan fingerprint density at radius 2 is 2.25 bits per heavy atom. The first-order chi connectivity index (χ1) is 7.47. The lowest BCUT2D eigenvalue weighted by Gasteiger charge is -2.02. The highest BCUT2D eigenvalue weighted by Crippen LogP contribution is 1.95. The van der Waals surface area contributed by atoms with Gasteiger partial charge >= 0.3 is 5.97 Å². The molecular formula is C9H14N4O3. The minimum atomic E-state index is -1.00. The molecule has 16 heavy (non-hydrogen) atoms. The Hall–Kier alpha value is -2.15. The summed E-state index contributed by atoms with van der Waals surface area (Å²) in [4.78, 5) is 26.2. The van der Waals surface area contributed by atoms with Gasteiger partial charge in [-0.15, -0.1) is 0 Å². The van der Waals surface area contributed by atoms with E-state index in [1.807, 2.05) is 0 Å². The van der Waals surface area contributed by atoms with E-state index in [0.717, 1.165) is 11.8 Å². The molecule has 7 nitrogen and oxygen atoms in total. The molecule has 0 spiro atoms. The predicted molar refractivity (Wildman–Crippen MR) is 57.3 cm³/mol. The van der Waals surface area contributed by atoms with E-state index < -0.39 is 17.9 Å². The summed E-state index contributed by atoms with van der Waals surface area (Å²) in [6.07, 6.45) is 4.39. The molecule has 0 unspecified atom stereocenters. The van der Waals surface area contributed by atoms with E-state index in [1.165, 1.54) is 6.33 Å². The van der Waals surface area contributed by atoms with E-state index in [9.17, 15) is 9.59 Å². The SMILES string of the molecule is C=CC(N)=O.N[C@@H](Cc1cnc[nH]1)C(=O)O. The fourth-order valence-electron chi connectivity index (χ4n) is 0.721. The molecule has 0 saturated carbocycles. The molecule has 1 aromatic heterocycles. The van der Waals surface area contributed by atoms with Crippen LogP contribution in [0.1, 0.15) is 5.69 Å². The average Bonchev–Trinajstić information content (AvgIpc) is 2.71. The van der Waals surface area contributed by atoms with Crippen LogP contribution in [0.25, 0.3) is 0 Å². The number of rotatable bonds is 4. The molecule has 1 aromatic rings. The van der Waals surface area contributed by atoms with Gasteiger partial charge in [-0.1, -0.05) is 6.58 Å². The first-order valence-electron chi connectivity index (χ1n) is 4.35. The van der Waals surface area contributed by atoms with Gasteiger partial charge in [-0.3, -0.25) is 9.59 Å². The number of carbonyl (C=O) groups excluding carboxylic acids is 1. The molecule has 0 aliphatic heterocycles. The number of carbonyl (C=O) groups is 2. The van der Waals surface area contributed by atoms with Crippen LogP contribution in [-0.2, 0) is 16.0 Å². The fourth-order valence-corrected chi connectivity index (χ4v) is 0.721. The number of hydrogen-bond acceptors (Lipinski definition) is 4. The third-order valence-corrected chi connectivity index (χ3v) is 1.51. The van der Waals surface area contributed by atoms with Crippen molar-refractivity contribution in [3.63, 3.8) is 0 Å². The van der Waals surface area contributed by atoms with E-state index >= 15 is 0 Å². The number of nitrogens with two attached hydrogens (primary N) is 2. The molecule has 88 valence electrons. The highest BCUT2D eigenvalue weighted by molar-refractivity contribution is 5.84. The Balaban J connectivity index is 0.000000385. The van der Waals surface area contributed by atoms with Crippen molar-refractivity contribution in [3.8, 4) is 0 Å². The normalized spacial score (nSPS) is 10.8. The molecule has 0 saturated heterocycles. The summed E-state index contributed by atoms with van der Waals surface area (Å²) >= 11 is 0. The quantitative estimate of drug-likeness (QED) is 0.489. The second-order valence-electron chi connectivity index (χ2n) is 2.83. The van der Waals surface area contributed by atoms with E-state index in [0.29, 0.717) is 0 Å². The molecule has 1 atom stereocenters. The number of H-pyrrole nitrogens is 1. The summed E-state index contributed by atoms with van der Waals surface area (Å²) in [5, 5.41) is 8.42. The predicted octanol–water partition coefficient (Wildman–Crippen LogP) is -0.978. The van der Waals surface area contributed by atoms with Crippen molar-refractivity contribution >= 4 is 11.9 Å². The zero-order valence-corrected chi connectivity index (χ0v) is 8.59. The number of nitrogens with one attached hydrogen (secondary N) is 1. The number of aromatic amines is 1. The molecule has 1 heterocycles. The first kappa shape index (κ1) is 13.8. The Morgan fingerprint density at radius 1 is 1.69 bits per heavy atom. The smallest absolute Gasteiger partial charge is 0.320 e. The Kier molecular flexibility index (Phi) is 6.22. The second kappa shape index (κ2) is 7.18. The Morgan fingerprint density at radius 3 is 2.56 bits per heavy atom. The monoisotopic (exact) mass is 226 g/mol. The van der Waals surface area contributed by atoms with Crippen LogP contribution in [0.5, 0.6) is 0 Å². The van der Waals surface area contributed by atoms with Crippen molar-refractivity contribution < 1.29 is 14.7 Å². The number of amides is 1. The molecule has 0 aromatic carbocycles. The fraction of sp³-hybridized carbons (Fsp3) is 0.222. The largest absolute Gasteiger partial charge is 0.480 e. The van der Waals surface area contributed by atoms with Crippen molar-refractivity contribution in [2.24, 2.45) is 11.5 Å². The summed E-state index contributed by atoms with van der Waals surface area (Å²) in [6, 6.07) is -0.851. The van der Waals surface area contributed by atoms with Crippen molar-refractivity contribution in [2.75, 3.05) is 0 Å². The summed E-state index contributed by atoms with van der Waals surface area (Å²) in [5.41, 5.74) is 10.5. The maximum absolute atomic E-state index is 10.3. The van der Waals surface area contributed by atoms with Gasteiger partial charge in [-0.25, -0.2) is 4.98 Å². The van der Waals surface area contributed by atoms with Crippen LogP contribution in [-0.4, -0.2) is 33.0 Å². The number of nitrogens with zero attached hydrogens (tertiary/aromatic N) is 1. The number of carboxylic acids is 1. The van der Waals surface area contributed by atoms with Crippen molar-refractivity contribution in [1.29, 1.82) is 0 Å². The molecule has 0 fully saturated rings. The Labute approximate surface area is 92.2 Å². The average molecular weight is 226 g/mol. The number of carboxylic acid groups (broad SMARTS) is 1. The minimum absolute atomic E-state index is 0.287. The van der Waals surface area contributed by atoms with E-state index in [-0.39, 0.29) is 6.42 Å². The molecular weight excluding hydrogens is 212 g/mol. The zero-order chi connectivity index (χ0) is 12.6. The van der Waals surface area contributed by atoms with Crippen LogP contribution < -0.4 is 11.5 Å². The number of imidazole rings is 1. The van der Waals surface area contributed by atoms with E-state index in [1.54, 1.807) is 6.20 Å². The van der Waals surface area contributed by atoms with Gasteiger partial charge in [0.1, 0.15) is 6.04 Å². The van der Waals surface area contributed by atoms with Gasteiger partial charge in [0.25, 0.3) is 0 Å². The van der Waals surface area contributed by atoms with Gasteiger partial charge in [0.15, 0.2) is 0 Å². The van der Waals surface area contributed by atoms with Gasteiger partial charge in [0.2, 0.25) is 5.91 Å². The van der Waals surface area contributed by atoms with Gasteiger partial charge in [-0.2, -0.15) is 0 Å². The molecule has 0 bridgehead atoms. The lowest BCUT2D eigenvalue weighted by Crippen LogP contribution is -2.32. The third-order valence-electron chi connectivity index (χ3n) is 1.51. The molecule has 0 radical (unpaired) electrons. The van der Waals surface area contributed by atoms with Crippen LogP contribution >= 0.6 is 0 Å². The van der Waals surface area contributed by atoms with Crippen LogP contribution in [0.15, 0.2) is 25.2 Å². The maximum atomic E-state index is 10.3. The standard InChI is InChI=1S/C6H9N3O2.C3H5NO/c7-5(6(10)11)1-4-2-8-3-9-4;1-2-3(4)5/h2-3,5H,1,7H2,(H,8,9)(H,10,11);2H,1H2,(H2,4,5)/t5-;/m0./s1. The highest BCUT2D eigenvalue weighted by atomic mass is 16.4. The maximum Gasteiger partial charge on any atom is 0.320 e. The van der Waals surface area contributed by atoms with Crippen molar-refractivity contribution in [1.82, 2.24) is 9.97 Å². The number of aliphatic carboxylic acids is 1. The zero-order valence-electron chi connectivity index (χ0n) is 8.59. The summed E-state index contributed by atoms with van der Waals surface area (Å²) < 4.78 is 0. The third kappa shape index (κ3) is 6.33. The molecule has 0 aliphatic carbocycles. The topological polar surface area (TPSA) is 135 Å². The second-order valence-corrected chi connectivity index (χ2v) is 2.83. The number of primary amides is 1. The molecule has 6 N–H and O–H groups in total. The van der Waals surface area contributed by atoms with Crippen LogP contribution in [0.4, 0.5) is 0 Å². The lowest BCUT2D eigenvalue weighted by atomic mass is 10.2. The van der Waals surface area contributed by atoms with Gasteiger partial charge in [0, 0.05) is 18.3 Å². The first-order valence-corrected chi connectivity index (χ1v) is 4.35. The minimum Gasteiger partial charge on any atom is -0.480 e. The molecule has 1 rings (SSSR count). The van der Waals surface area contributed by atoms with E-state index in [4.69, 9.17) is 10.8 Å². The van der Waals surface area contributed by atoms with Gasteiger partial charge in [0.05, 0.1) is 6.33 Å². The Bertz CT molecular complexity index is 348. The van der Waals surface area contributed by atoms with Crippen LogP contribution in [0, 0.1) is 0 Å².